The lowest BCUT2D eigenvalue weighted by Gasteiger charge is -2.20. The Morgan fingerprint density at radius 3 is 2.29 bits per heavy atom. The number of thiophene rings is 1. The van der Waals surface area contributed by atoms with E-state index in [0.29, 0.717) is 11.0 Å². The number of rotatable bonds is 5. The van der Waals surface area contributed by atoms with Gasteiger partial charge in [0.2, 0.25) is 0 Å². The average Bonchev–Trinajstić information content (AvgIpc) is 2.71. The first-order valence-corrected chi connectivity index (χ1v) is 8.49. The quantitative estimate of drug-likeness (QED) is 0.729. The van der Waals surface area contributed by atoms with Crippen LogP contribution in [0.25, 0.3) is 0 Å². The summed E-state index contributed by atoms with van der Waals surface area (Å²) in [5.74, 6) is -1.05. The summed E-state index contributed by atoms with van der Waals surface area (Å²) in [5, 5.41) is 3.27. The van der Waals surface area contributed by atoms with Gasteiger partial charge in [0.25, 0.3) is 0 Å². The molecule has 0 aliphatic heterocycles. The third-order valence-electron chi connectivity index (χ3n) is 3.27. The minimum Gasteiger partial charge on any atom is -0.305 e. The fraction of sp³-hybridized carbons (Fsp3) is 0.375. The molecule has 1 unspecified atom stereocenters. The Kier molecular flexibility index (Phi) is 5.52. The van der Waals surface area contributed by atoms with Crippen LogP contribution in [0.2, 0.25) is 0 Å². The topological polar surface area (TPSA) is 12.0 Å². The summed E-state index contributed by atoms with van der Waals surface area (Å²) >= 11 is 4.71. The van der Waals surface area contributed by atoms with Crippen molar-refractivity contribution in [3.05, 3.63) is 55.2 Å². The molecule has 0 amide bonds. The second kappa shape index (κ2) is 6.99. The Labute approximate surface area is 136 Å². The van der Waals surface area contributed by atoms with Gasteiger partial charge in [0, 0.05) is 19.8 Å². The van der Waals surface area contributed by atoms with Gasteiger partial charge in [0.1, 0.15) is 11.6 Å². The Morgan fingerprint density at radius 1 is 1.19 bits per heavy atom. The first-order valence-electron chi connectivity index (χ1n) is 6.88. The van der Waals surface area contributed by atoms with Gasteiger partial charge in [-0.15, -0.1) is 11.3 Å². The van der Waals surface area contributed by atoms with Crippen LogP contribution in [-0.2, 0) is 0 Å². The fourth-order valence-electron chi connectivity index (χ4n) is 2.39. The fourth-order valence-corrected chi connectivity index (χ4v) is 3.91. The van der Waals surface area contributed by atoms with E-state index in [0.717, 1.165) is 21.7 Å². The molecule has 5 heteroatoms. The summed E-state index contributed by atoms with van der Waals surface area (Å²) < 4.78 is 29.0. The first-order chi connectivity index (χ1) is 9.93. The standard InChI is InChI=1S/C16H18BrF2NS/c1-4-5-20-15(16-9(2)6-10(3)21-16)14-12(18)7-11(17)8-13(14)19/h6-8,15,20H,4-5H2,1-3H3. The van der Waals surface area contributed by atoms with Crippen molar-refractivity contribution in [2.45, 2.75) is 33.2 Å². The van der Waals surface area contributed by atoms with E-state index < -0.39 is 17.7 Å². The molecule has 1 N–H and O–H groups in total. The van der Waals surface area contributed by atoms with E-state index >= 15 is 0 Å². The molecule has 0 aliphatic carbocycles. The van der Waals surface area contributed by atoms with Crippen LogP contribution >= 0.6 is 27.3 Å². The van der Waals surface area contributed by atoms with Gasteiger partial charge in [-0.1, -0.05) is 22.9 Å². The maximum Gasteiger partial charge on any atom is 0.132 e. The zero-order chi connectivity index (χ0) is 15.6. The third-order valence-corrected chi connectivity index (χ3v) is 4.95. The van der Waals surface area contributed by atoms with Crippen LogP contribution in [0, 0.1) is 25.5 Å². The van der Waals surface area contributed by atoms with Crippen LogP contribution in [0.15, 0.2) is 22.7 Å². The second-order valence-corrected chi connectivity index (χ2v) is 7.28. The lowest BCUT2D eigenvalue weighted by atomic mass is 10.0. The van der Waals surface area contributed by atoms with Crippen LogP contribution in [-0.4, -0.2) is 6.54 Å². The second-order valence-electron chi connectivity index (χ2n) is 5.07. The molecule has 21 heavy (non-hydrogen) atoms. The van der Waals surface area contributed by atoms with Crippen LogP contribution in [0.4, 0.5) is 8.78 Å². The molecule has 1 atom stereocenters. The molecule has 2 rings (SSSR count). The largest absolute Gasteiger partial charge is 0.305 e. The normalized spacial score (nSPS) is 12.7. The monoisotopic (exact) mass is 373 g/mol. The lowest BCUT2D eigenvalue weighted by Crippen LogP contribution is -2.25. The van der Waals surface area contributed by atoms with E-state index in [2.05, 4.69) is 27.3 Å². The highest BCUT2D eigenvalue weighted by molar-refractivity contribution is 9.10. The van der Waals surface area contributed by atoms with Crippen molar-refractivity contribution in [3.63, 3.8) is 0 Å². The van der Waals surface area contributed by atoms with Gasteiger partial charge < -0.3 is 5.32 Å². The molecule has 2 aromatic rings. The zero-order valence-electron chi connectivity index (χ0n) is 12.3. The number of nitrogens with one attached hydrogen (secondary N) is 1. The van der Waals surface area contributed by atoms with E-state index in [4.69, 9.17) is 0 Å². The molecule has 0 radical (unpaired) electrons. The Bertz CT molecular complexity index is 616. The van der Waals surface area contributed by atoms with E-state index in [1.54, 1.807) is 11.3 Å². The van der Waals surface area contributed by atoms with Gasteiger partial charge >= 0.3 is 0 Å². The smallest absolute Gasteiger partial charge is 0.132 e. The molecule has 0 saturated carbocycles. The summed E-state index contributed by atoms with van der Waals surface area (Å²) in [6.45, 7) is 6.72. The molecular formula is C16H18BrF2NS. The van der Waals surface area contributed by atoms with Gasteiger partial charge in [-0.05, 0) is 50.6 Å². The molecular weight excluding hydrogens is 356 g/mol. The van der Waals surface area contributed by atoms with Crippen molar-refractivity contribution in [2.24, 2.45) is 0 Å². The summed E-state index contributed by atoms with van der Waals surface area (Å²) in [6.07, 6.45) is 0.902. The molecule has 1 aromatic heterocycles. The SMILES string of the molecule is CCCNC(c1sc(C)cc1C)c1c(F)cc(Br)cc1F. The molecule has 0 fully saturated rings. The van der Waals surface area contributed by atoms with Crippen molar-refractivity contribution in [1.29, 1.82) is 0 Å². The minimum atomic E-state index is -0.527. The van der Waals surface area contributed by atoms with Crippen molar-refractivity contribution in [2.75, 3.05) is 6.54 Å². The highest BCUT2D eigenvalue weighted by Gasteiger charge is 2.25. The minimum absolute atomic E-state index is 0.0941. The lowest BCUT2D eigenvalue weighted by molar-refractivity contribution is 0.504. The van der Waals surface area contributed by atoms with Gasteiger partial charge in [-0.3, -0.25) is 0 Å². The van der Waals surface area contributed by atoms with E-state index in [1.165, 1.54) is 12.1 Å². The van der Waals surface area contributed by atoms with Crippen LogP contribution in [0.1, 0.15) is 40.3 Å². The van der Waals surface area contributed by atoms with Crippen LogP contribution < -0.4 is 5.32 Å². The summed E-state index contributed by atoms with van der Waals surface area (Å²) in [6, 6.07) is 4.23. The highest BCUT2D eigenvalue weighted by Crippen LogP contribution is 2.35. The Morgan fingerprint density at radius 2 is 1.81 bits per heavy atom. The molecule has 0 bridgehead atoms. The maximum atomic E-state index is 14.3. The highest BCUT2D eigenvalue weighted by atomic mass is 79.9. The van der Waals surface area contributed by atoms with Gasteiger partial charge in [0.05, 0.1) is 6.04 Å². The van der Waals surface area contributed by atoms with Crippen molar-refractivity contribution in [1.82, 2.24) is 5.32 Å². The molecule has 1 aromatic carbocycles. The summed E-state index contributed by atoms with van der Waals surface area (Å²) in [7, 11) is 0. The first kappa shape index (κ1) is 16.6. The van der Waals surface area contributed by atoms with Crippen molar-refractivity contribution >= 4 is 27.3 Å². The average molecular weight is 374 g/mol. The number of hydrogen-bond donors (Lipinski definition) is 1. The van der Waals surface area contributed by atoms with Crippen molar-refractivity contribution in [3.8, 4) is 0 Å². The predicted octanol–water partition coefficient (Wildman–Crippen LogP) is 5.49. The van der Waals surface area contributed by atoms with E-state index in [1.807, 2.05) is 20.8 Å². The molecule has 0 saturated heterocycles. The molecule has 1 nitrogen and oxygen atoms in total. The molecule has 0 spiro atoms. The summed E-state index contributed by atoms with van der Waals surface area (Å²) in [5.41, 5.74) is 1.16. The molecule has 114 valence electrons. The maximum absolute atomic E-state index is 14.3. The Balaban J connectivity index is 2.53. The van der Waals surface area contributed by atoms with Gasteiger partial charge in [-0.25, -0.2) is 8.78 Å². The Hall–Kier alpha value is -0.780. The predicted molar refractivity (Wildman–Crippen MR) is 88.0 cm³/mol. The number of benzene rings is 1. The van der Waals surface area contributed by atoms with Crippen molar-refractivity contribution < 1.29 is 8.78 Å². The molecule has 0 aliphatic rings. The summed E-state index contributed by atoms with van der Waals surface area (Å²) in [4.78, 5) is 2.12. The number of halogens is 3. The number of hydrogen-bond acceptors (Lipinski definition) is 2. The van der Waals surface area contributed by atoms with Gasteiger partial charge in [-0.2, -0.15) is 0 Å². The van der Waals surface area contributed by atoms with E-state index in [-0.39, 0.29) is 5.56 Å². The number of aryl methyl sites for hydroxylation is 2. The van der Waals surface area contributed by atoms with E-state index in [9.17, 15) is 8.78 Å². The van der Waals surface area contributed by atoms with Gasteiger partial charge in [0.15, 0.2) is 0 Å². The van der Waals surface area contributed by atoms with Crippen LogP contribution in [0.3, 0.4) is 0 Å². The molecule has 1 heterocycles. The zero-order valence-corrected chi connectivity index (χ0v) is 14.7. The third kappa shape index (κ3) is 3.71. The van der Waals surface area contributed by atoms with Crippen LogP contribution in [0.5, 0.6) is 0 Å².